The van der Waals surface area contributed by atoms with E-state index in [-0.39, 0.29) is 12.1 Å². The number of aryl methyl sites for hydroxylation is 1. The van der Waals surface area contributed by atoms with Crippen LogP contribution in [-0.2, 0) is 11.3 Å². The molecule has 7 heteroatoms. The predicted octanol–water partition coefficient (Wildman–Crippen LogP) is 1.99. The molecule has 7 nitrogen and oxygen atoms in total. The van der Waals surface area contributed by atoms with E-state index in [9.17, 15) is 0 Å². The summed E-state index contributed by atoms with van der Waals surface area (Å²) < 4.78 is 12.8. The Morgan fingerprint density at radius 1 is 1.39 bits per heavy atom. The third kappa shape index (κ3) is 2.62. The Bertz CT molecular complexity index is 812. The lowest BCUT2D eigenvalue weighted by molar-refractivity contribution is 0.107. The number of aromatic nitrogens is 4. The number of nitrogens with zero attached hydrogens (tertiary/aromatic N) is 5. The summed E-state index contributed by atoms with van der Waals surface area (Å²) in [5.74, 6) is 1.33. The fraction of sp³-hybridized carbons (Fsp3) is 0.438. The standard InChI is InChI=1S/C16H19N5O2/c1-11-18-16(23-19-11)15-7-13(22-2)10-20(15)9-12-8-17-21-6-4-3-5-14(12)21/h3-6,8,13,15H,7,9-10H2,1-2H3/t13-,15-/m1/s1. The van der Waals surface area contributed by atoms with E-state index in [4.69, 9.17) is 9.26 Å². The van der Waals surface area contributed by atoms with Crippen molar-refractivity contribution < 1.29 is 9.26 Å². The molecule has 0 amide bonds. The Kier molecular flexibility index (Phi) is 3.59. The lowest BCUT2D eigenvalue weighted by Crippen LogP contribution is -2.25. The zero-order valence-electron chi connectivity index (χ0n) is 13.2. The number of methoxy groups -OCH3 is 1. The van der Waals surface area contributed by atoms with E-state index in [2.05, 4.69) is 26.2 Å². The molecule has 0 saturated carbocycles. The summed E-state index contributed by atoms with van der Waals surface area (Å²) in [5, 5.41) is 8.33. The second-order valence-corrected chi connectivity index (χ2v) is 5.92. The van der Waals surface area contributed by atoms with Gasteiger partial charge in [0, 0.05) is 32.0 Å². The van der Waals surface area contributed by atoms with E-state index >= 15 is 0 Å². The molecule has 120 valence electrons. The van der Waals surface area contributed by atoms with Crippen LogP contribution in [0.5, 0.6) is 0 Å². The summed E-state index contributed by atoms with van der Waals surface area (Å²) in [6.45, 7) is 3.46. The summed E-state index contributed by atoms with van der Waals surface area (Å²) in [4.78, 5) is 6.73. The zero-order chi connectivity index (χ0) is 15.8. The number of hydrogen-bond acceptors (Lipinski definition) is 6. The van der Waals surface area contributed by atoms with Gasteiger partial charge in [0.15, 0.2) is 5.82 Å². The molecule has 1 saturated heterocycles. The predicted molar refractivity (Wildman–Crippen MR) is 82.8 cm³/mol. The average molecular weight is 313 g/mol. The largest absolute Gasteiger partial charge is 0.380 e. The van der Waals surface area contributed by atoms with Gasteiger partial charge < -0.3 is 9.26 Å². The Labute approximate surface area is 133 Å². The third-order valence-electron chi connectivity index (χ3n) is 4.41. The highest BCUT2D eigenvalue weighted by Gasteiger charge is 2.37. The molecule has 0 N–H and O–H groups in total. The van der Waals surface area contributed by atoms with Gasteiger partial charge in [0.1, 0.15) is 0 Å². The normalized spacial score (nSPS) is 22.2. The molecule has 0 bridgehead atoms. The van der Waals surface area contributed by atoms with Crippen molar-refractivity contribution in [3.63, 3.8) is 0 Å². The molecule has 3 aromatic heterocycles. The Morgan fingerprint density at radius 2 is 2.30 bits per heavy atom. The molecule has 0 spiro atoms. The lowest BCUT2D eigenvalue weighted by atomic mass is 10.2. The first-order chi connectivity index (χ1) is 11.2. The van der Waals surface area contributed by atoms with Crippen LogP contribution in [0.3, 0.4) is 0 Å². The fourth-order valence-corrected chi connectivity index (χ4v) is 3.24. The maximum absolute atomic E-state index is 5.55. The molecule has 1 aliphatic rings. The van der Waals surface area contributed by atoms with E-state index in [0.29, 0.717) is 11.7 Å². The van der Waals surface area contributed by atoms with Gasteiger partial charge >= 0.3 is 0 Å². The van der Waals surface area contributed by atoms with Crippen molar-refractivity contribution in [2.75, 3.05) is 13.7 Å². The van der Waals surface area contributed by atoms with Crippen LogP contribution >= 0.6 is 0 Å². The van der Waals surface area contributed by atoms with Gasteiger partial charge in [-0.05, 0) is 25.5 Å². The van der Waals surface area contributed by atoms with Crippen LogP contribution in [0.2, 0.25) is 0 Å². The Hall–Kier alpha value is -2.25. The van der Waals surface area contributed by atoms with Gasteiger partial charge in [-0.25, -0.2) is 4.52 Å². The van der Waals surface area contributed by atoms with Crippen LogP contribution in [0.1, 0.15) is 29.7 Å². The number of likely N-dealkylation sites (tertiary alicyclic amines) is 1. The van der Waals surface area contributed by atoms with Crippen molar-refractivity contribution in [3.8, 4) is 0 Å². The van der Waals surface area contributed by atoms with Gasteiger partial charge in [-0.15, -0.1) is 0 Å². The fourth-order valence-electron chi connectivity index (χ4n) is 3.24. The second-order valence-electron chi connectivity index (χ2n) is 5.92. The maximum atomic E-state index is 5.55. The molecular formula is C16H19N5O2. The van der Waals surface area contributed by atoms with Crippen molar-refractivity contribution in [3.05, 3.63) is 47.9 Å². The molecule has 4 heterocycles. The molecule has 0 unspecified atom stereocenters. The molecule has 0 aliphatic carbocycles. The first kappa shape index (κ1) is 14.3. The molecule has 23 heavy (non-hydrogen) atoms. The van der Waals surface area contributed by atoms with Gasteiger partial charge in [-0.3, -0.25) is 4.90 Å². The number of fused-ring (bicyclic) bond motifs is 1. The van der Waals surface area contributed by atoms with Crippen molar-refractivity contribution in [1.82, 2.24) is 24.7 Å². The SMILES string of the molecule is CO[C@@H]1C[C@H](c2nc(C)no2)N(Cc2cnn3ccccc23)C1. The molecule has 0 aromatic carbocycles. The maximum Gasteiger partial charge on any atom is 0.244 e. The minimum absolute atomic E-state index is 0.0832. The van der Waals surface area contributed by atoms with Gasteiger partial charge in [0.2, 0.25) is 5.89 Å². The molecule has 1 fully saturated rings. The average Bonchev–Trinajstić information content (AvgIpc) is 3.27. The molecule has 2 atom stereocenters. The Balaban J connectivity index is 1.62. The molecule has 4 rings (SSSR count). The van der Waals surface area contributed by atoms with Crippen LogP contribution in [0, 0.1) is 6.92 Å². The summed E-state index contributed by atoms with van der Waals surface area (Å²) in [6, 6.07) is 6.17. The third-order valence-corrected chi connectivity index (χ3v) is 4.41. The summed E-state index contributed by atoms with van der Waals surface area (Å²) in [7, 11) is 1.75. The van der Waals surface area contributed by atoms with Gasteiger partial charge in [0.25, 0.3) is 0 Å². The summed E-state index contributed by atoms with van der Waals surface area (Å²) in [6.07, 6.45) is 4.91. The van der Waals surface area contributed by atoms with Crippen LogP contribution in [-0.4, -0.2) is 44.4 Å². The topological polar surface area (TPSA) is 68.7 Å². The first-order valence-corrected chi connectivity index (χ1v) is 7.73. The highest BCUT2D eigenvalue weighted by molar-refractivity contribution is 5.53. The second kappa shape index (κ2) is 5.75. The monoisotopic (exact) mass is 313 g/mol. The number of rotatable bonds is 4. The van der Waals surface area contributed by atoms with E-state index < -0.39 is 0 Å². The minimum atomic E-state index is 0.0832. The van der Waals surface area contributed by atoms with Crippen molar-refractivity contribution in [2.45, 2.75) is 32.0 Å². The highest BCUT2D eigenvalue weighted by atomic mass is 16.5. The van der Waals surface area contributed by atoms with E-state index in [1.54, 1.807) is 7.11 Å². The number of pyridine rings is 1. The summed E-state index contributed by atoms with van der Waals surface area (Å²) in [5.41, 5.74) is 2.30. The molecule has 0 radical (unpaired) electrons. The smallest absolute Gasteiger partial charge is 0.244 e. The van der Waals surface area contributed by atoms with Gasteiger partial charge in [-0.1, -0.05) is 11.2 Å². The van der Waals surface area contributed by atoms with E-state index in [0.717, 1.165) is 25.0 Å². The molecule has 3 aromatic rings. The van der Waals surface area contributed by atoms with Crippen LogP contribution in [0.25, 0.3) is 5.52 Å². The van der Waals surface area contributed by atoms with Crippen molar-refractivity contribution in [2.24, 2.45) is 0 Å². The van der Waals surface area contributed by atoms with Gasteiger partial charge in [-0.2, -0.15) is 10.1 Å². The van der Waals surface area contributed by atoms with Crippen molar-refractivity contribution >= 4 is 5.52 Å². The van der Waals surface area contributed by atoms with E-state index in [1.165, 1.54) is 5.56 Å². The van der Waals surface area contributed by atoms with E-state index in [1.807, 2.05) is 36.0 Å². The zero-order valence-corrected chi connectivity index (χ0v) is 13.2. The molecule has 1 aliphatic heterocycles. The first-order valence-electron chi connectivity index (χ1n) is 7.73. The lowest BCUT2D eigenvalue weighted by Gasteiger charge is -2.20. The van der Waals surface area contributed by atoms with Gasteiger partial charge in [0.05, 0.1) is 23.9 Å². The van der Waals surface area contributed by atoms with Crippen LogP contribution in [0.15, 0.2) is 35.1 Å². The van der Waals surface area contributed by atoms with Crippen LogP contribution < -0.4 is 0 Å². The van der Waals surface area contributed by atoms with Crippen LogP contribution in [0.4, 0.5) is 0 Å². The summed E-state index contributed by atoms with van der Waals surface area (Å²) >= 11 is 0. The quantitative estimate of drug-likeness (QED) is 0.734. The Morgan fingerprint density at radius 3 is 3.09 bits per heavy atom. The minimum Gasteiger partial charge on any atom is -0.380 e. The molecular weight excluding hydrogens is 294 g/mol. The number of ether oxygens (including phenoxy) is 1. The number of hydrogen-bond donors (Lipinski definition) is 0. The highest BCUT2D eigenvalue weighted by Crippen LogP contribution is 2.34. The van der Waals surface area contributed by atoms with Crippen molar-refractivity contribution in [1.29, 1.82) is 0 Å².